The van der Waals surface area contributed by atoms with Gasteiger partial charge in [0.15, 0.2) is 5.88 Å². The summed E-state index contributed by atoms with van der Waals surface area (Å²) in [5.41, 5.74) is 2.80. The van der Waals surface area contributed by atoms with Gasteiger partial charge in [-0.3, -0.25) is 9.78 Å². The molecule has 0 spiro atoms. The fraction of sp³-hybridized carbons (Fsp3) is 0.312. The molecule has 218 valence electrons. The fourth-order valence-corrected chi connectivity index (χ4v) is 3.97. The first kappa shape index (κ1) is 31.2. The van der Waals surface area contributed by atoms with Gasteiger partial charge in [0.2, 0.25) is 0 Å². The van der Waals surface area contributed by atoms with E-state index in [2.05, 4.69) is 51.2 Å². The van der Waals surface area contributed by atoms with Crippen molar-refractivity contribution in [2.45, 2.75) is 46.3 Å². The summed E-state index contributed by atoms with van der Waals surface area (Å²) in [6, 6.07) is 17.1. The lowest BCUT2D eigenvalue weighted by atomic mass is 10.2. The molecule has 0 saturated heterocycles. The Kier molecular flexibility index (Phi) is 11.3. The van der Waals surface area contributed by atoms with E-state index in [0.29, 0.717) is 29.6 Å². The Hall–Kier alpha value is -4.37. The minimum Gasteiger partial charge on any atom is -0.474 e. The number of amides is 1. The molecule has 9 heteroatoms. The lowest BCUT2D eigenvalue weighted by molar-refractivity contribution is 0.0565. The molecule has 4 N–H and O–H groups in total. The zero-order valence-electron chi connectivity index (χ0n) is 24.4. The smallest absolute Gasteiger partial charge is 0.274 e. The molecular formula is C32H41FN6O2. The number of ether oxygens (including phenoxy) is 1. The van der Waals surface area contributed by atoms with Crippen LogP contribution in [0.15, 0.2) is 91.7 Å². The van der Waals surface area contributed by atoms with Crippen molar-refractivity contribution in [2.24, 2.45) is 0 Å². The maximum absolute atomic E-state index is 13.3. The summed E-state index contributed by atoms with van der Waals surface area (Å²) in [6.45, 7) is 19.1. The summed E-state index contributed by atoms with van der Waals surface area (Å²) in [4.78, 5) is 19.6. The second-order valence-electron chi connectivity index (χ2n) is 10.5. The first-order valence-corrected chi connectivity index (χ1v) is 13.7. The normalized spacial score (nSPS) is 11.0. The number of hydrogen-bond acceptors (Lipinski definition) is 7. The number of anilines is 3. The van der Waals surface area contributed by atoms with Gasteiger partial charge >= 0.3 is 0 Å². The number of halogens is 1. The molecule has 2 aromatic carbocycles. The third-order valence-electron chi connectivity index (χ3n) is 5.86. The quantitative estimate of drug-likeness (QED) is 0.124. The van der Waals surface area contributed by atoms with E-state index in [0.717, 1.165) is 37.3 Å². The highest BCUT2D eigenvalue weighted by Crippen LogP contribution is 2.25. The minimum atomic E-state index is -0.403. The van der Waals surface area contributed by atoms with E-state index >= 15 is 0 Å². The third-order valence-corrected chi connectivity index (χ3v) is 5.86. The molecule has 0 radical (unpaired) electrons. The number of nitrogens with zero attached hydrogens (tertiary/aromatic N) is 2. The number of carbonyl (C=O) groups is 1. The number of hydrogen-bond donors (Lipinski definition) is 4. The standard InChI is InChI=1S/C32H41FN6O2/c1-7-34-19-10-20-39(23(2)36-27-16-14-26(33)15-17-27)22-25-13-18-30(35-21-25)31(40)38-29-12-9-8-11-28(29)37-24(3)41-32(4,5)6/h8-9,11-18,21,34,36-37H,2-3,7,10,19-20,22H2,1,4-6H3,(H,38,40). The van der Waals surface area contributed by atoms with Gasteiger partial charge in [-0.25, -0.2) is 4.39 Å². The van der Waals surface area contributed by atoms with Gasteiger partial charge in [0, 0.05) is 25.0 Å². The van der Waals surface area contributed by atoms with E-state index in [1.807, 2.05) is 45.0 Å². The third kappa shape index (κ3) is 10.6. The van der Waals surface area contributed by atoms with Crippen molar-refractivity contribution in [3.63, 3.8) is 0 Å². The van der Waals surface area contributed by atoms with Gasteiger partial charge in [-0.2, -0.15) is 0 Å². The van der Waals surface area contributed by atoms with Crippen LogP contribution in [0.5, 0.6) is 0 Å². The van der Waals surface area contributed by atoms with Crippen LogP contribution in [-0.2, 0) is 11.3 Å². The average Bonchev–Trinajstić information content (AvgIpc) is 2.92. The molecule has 3 rings (SSSR count). The molecule has 8 nitrogen and oxygen atoms in total. The highest BCUT2D eigenvalue weighted by molar-refractivity contribution is 6.04. The zero-order chi connectivity index (χ0) is 29.8. The topological polar surface area (TPSA) is 90.5 Å². The Balaban J connectivity index is 1.66. The molecular weight excluding hydrogens is 519 g/mol. The number of benzene rings is 2. The molecule has 3 aromatic rings. The van der Waals surface area contributed by atoms with Crippen LogP contribution < -0.4 is 21.3 Å². The molecule has 0 aliphatic carbocycles. The van der Waals surface area contributed by atoms with Crippen molar-refractivity contribution in [3.8, 4) is 0 Å². The van der Waals surface area contributed by atoms with Crippen LogP contribution in [0.4, 0.5) is 21.5 Å². The van der Waals surface area contributed by atoms with Crippen molar-refractivity contribution in [1.29, 1.82) is 0 Å². The summed E-state index contributed by atoms with van der Waals surface area (Å²) in [6.07, 6.45) is 2.60. The summed E-state index contributed by atoms with van der Waals surface area (Å²) in [5, 5.41) is 12.6. The molecule has 0 bridgehead atoms. The van der Waals surface area contributed by atoms with E-state index in [1.54, 1.807) is 30.5 Å². The van der Waals surface area contributed by atoms with Gasteiger partial charge in [0.05, 0.1) is 17.2 Å². The molecule has 0 saturated carbocycles. The SMILES string of the molecule is C=C(Nc1ccccc1NC(=O)c1ccc(CN(CCCNCC)C(=C)Nc2ccc(F)cc2)cn1)OC(C)(C)C. The molecule has 0 aliphatic rings. The van der Waals surface area contributed by atoms with Gasteiger partial charge in [0.25, 0.3) is 5.91 Å². The average molecular weight is 561 g/mol. The maximum Gasteiger partial charge on any atom is 0.274 e. The van der Waals surface area contributed by atoms with Crippen LogP contribution in [0.2, 0.25) is 0 Å². The summed E-state index contributed by atoms with van der Waals surface area (Å²) < 4.78 is 19.1. The minimum absolute atomic E-state index is 0.287. The maximum atomic E-state index is 13.3. The van der Waals surface area contributed by atoms with Crippen LogP contribution in [0, 0.1) is 5.82 Å². The molecule has 0 fully saturated rings. The summed E-state index contributed by atoms with van der Waals surface area (Å²) >= 11 is 0. The van der Waals surface area contributed by atoms with Crippen LogP contribution in [0.3, 0.4) is 0 Å². The number of carbonyl (C=O) groups excluding carboxylic acids is 1. The molecule has 1 heterocycles. The zero-order valence-corrected chi connectivity index (χ0v) is 24.4. The lowest BCUT2D eigenvalue weighted by Crippen LogP contribution is -2.29. The van der Waals surface area contributed by atoms with Gasteiger partial charge in [0.1, 0.15) is 17.1 Å². The van der Waals surface area contributed by atoms with Crippen molar-refractivity contribution < 1.29 is 13.9 Å². The lowest BCUT2D eigenvalue weighted by Gasteiger charge is -2.28. The highest BCUT2D eigenvalue weighted by Gasteiger charge is 2.16. The largest absolute Gasteiger partial charge is 0.474 e. The number of nitrogens with one attached hydrogen (secondary N) is 4. The number of pyridine rings is 1. The Bertz CT molecular complexity index is 1300. The van der Waals surface area contributed by atoms with Crippen molar-refractivity contribution in [3.05, 3.63) is 109 Å². The van der Waals surface area contributed by atoms with Crippen LogP contribution in [-0.4, -0.2) is 41.0 Å². The Morgan fingerprint density at radius 2 is 1.66 bits per heavy atom. The van der Waals surface area contributed by atoms with E-state index in [1.165, 1.54) is 12.1 Å². The van der Waals surface area contributed by atoms with E-state index in [4.69, 9.17) is 4.74 Å². The van der Waals surface area contributed by atoms with E-state index in [-0.39, 0.29) is 17.4 Å². The van der Waals surface area contributed by atoms with Gasteiger partial charge in [-0.05, 0) is 94.9 Å². The molecule has 0 atom stereocenters. The highest BCUT2D eigenvalue weighted by atomic mass is 19.1. The molecule has 41 heavy (non-hydrogen) atoms. The first-order valence-electron chi connectivity index (χ1n) is 13.7. The van der Waals surface area contributed by atoms with Gasteiger partial charge < -0.3 is 30.9 Å². The van der Waals surface area contributed by atoms with Crippen molar-refractivity contribution in [2.75, 3.05) is 35.6 Å². The van der Waals surface area contributed by atoms with Gasteiger partial charge in [-0.1, -0.05) is 31.7 Å². The Morgan fingerprint density at radius 1 is 0.976 bits per heavy atom. The van der Waals surface area contributed by atoms with Crippen LogP contribution in [0.1, 0.15) is 50.2 Å². The number of aromatic nitrogens is 1. The Labute approximate surface area is 242 Å². The number of rotatable bonds is 15. The van der Waals surface area contributed by atoms with E-state index in [9.17, 15) is 9.18 Å². The van der Waals surface area contributed by atoms with Crippen molar-refractivity contribution in [1.82, 2.24) is 15.2 Å². The fourth-order valence-electron chi connectivity index (χ4n) is 3.97. The monoisotopic (exact) mass is 560 g/mol. The first-order chi connectivity index (χ1) is 19.5. The van der Waals surface area contributed by atoms with Gasteiger partial charge in [-0.15, -0.1) is 0 Å². The van der Waals surface area contributed by atoms with Crippen LogP contribution >= 0.6 is 0 Å². The molecule has 0 aliphatic heterocycles. The number of para-hydroxylation sites is 2. The van der Waals surface area contributed by atoms with E-state index < -0.39 is 5.60 Å². The summed E-state index contributed by atoms with van der Waals surface area (Å²) in [7, 11) is 0. The second kappa shape index (κ2) is 14.9. The summed E-state index contributed by atoms with van der Waals surface area (Å²) in [5.74, 6) is 0.444. The Morgan fingerprint density at radius 3 is 2.27 bits per heavy atom. The molecule has 1 amide bonds. The molecule has 0 unspecified atom stereocenters. The predicted octanol–water partition coefficient (Wildman–Crippen LogP) is 6.56. The van der Waals surface area contributed by atoms with Crippen molar-refractivity contribution >= 4 is 23.0 Å². The van der Waals surface area contributed by atoms with Crippen LogP contribution in [0.25, 0.3) is 0 Å². The second-order valence-corrected chi connectivity index (χ2v) is 10.5. The predicted molar refractivity (Wildman–Crippen MR) is 165 cm³/mol. The molecule has 1 aromatic heterocycles.